The number of nitrogens with zero attached hydrogens (tertiary/aromatic N) is 1. The summed E-state index contributed by atoms with van der Waals surface area (Å²) in [6, 6.07) is 7.99. The van der Waals surface area contributed by atoms with Gasteiger partial charge in [-0.15, -0.1) is 0 Å². The van der Waals surface area contributed by atoms with Crippen molar-refractivity contribution in [1.82, 2.24) is 10.2 Å². The van der Waals surface area contributed by atoms with Gasteiger partial charge in [0.15, 0.2) is 0 Å². The number of nitrogens with one attached hydrogen (secondary N) is 1. The maximum absolute atomic E-state index is 12.3. The fraction of sp³-hybridized carbons (Fsp3) is 0.467. The van der Waals surface area contributed by atoms with E-state index in [0.29, 0.717) is 22.6 Å². The summed E-state index contributed by atoms with van der Waals surface area (Å²) in [5, 5.41) is 3.17. The second-order valence-electron chi connectivity index (χ2n) is 5.56. The van der Waals surface area contributed by atoms with Gasteiger partial charge in [-0.05, 0) is 37.9 Å². The minimum atomic E-state index is -0.00163. The standard InChI is InChI=1S/C15H19N3OS/c16-14(20)10-3-5-11(6-4-10)15(19)17-12-7-9-18-8-1-2-13(12)18/h3-6,12-13H,1-2,7-9H2,(H2,16,20)(H,17,19). The smallest absolute Gasteiger partial charge is 0.251 e. The van der Waals surface area contributed by atoms with Crippen molar-refractivity contribution in [2.75, 3.05) is 13.1 Å². The van der Waals surface area contributed by atoms with Crippen molar-refractivity contribution >= 4 is 23.1 Å². The van der Waals surface area contributed by atoms with E-state index in [-0.39, 0.29) is 5.91 Å². The molecule has 20 heavy (non-hydrogen) atoms. The summed E-state index contributed by atoms with van der Waals surface area (Å²) in [7, 11) is 0. The lowest BCUT2D eigenvalue weighted by Gasteiger charge is -2.21. The first kappa shape index (κ1) is 13.5. The lowest BCUT2D eigenvalue weighted by Crippen LogP contribution is -2.42. The monoisotopic (exact) mass is 289 g/mol. The topological polar surface area (TPSA) is 58.4 Å². The predicted molar refractivity (Wildman–Crippen MR) is 82.8 cm³/mol. The van der Waals surface area contributed by atoms with Gasteiger partial charge in [-0.1, -0.05) is 24.4 Å². The number of benzene rings is 1. The zero-order valence-electron chi connectivity index (χ0n) is 11.3. The maximum atomic E-state index is 12.3. The van der Waals surface area contributed by atoms with E-state index < -0.39 is 0 Å². The van der Waals surface area contributed by atoms with Gasteiger partial charge in [-0.3, -0.25) is 9.69 Å². The highest BCUT2D eigenvalue weighted by molar-refractivity contribution is 7.80. The van der Waals surface area contributed by atoms with Crippen LogP contribution in [0.2, 0.25) is 0 Å². The first-order valence-corrected chi connectivity index (χ1v) is 7.51. The first-order valence-electron chi connectivity index (χ1n) is 7.10. The molecule has 4 nitrogen and oxygen atoms in total. The number of thiocarbonyl (C=S) groups is 1. The van der Waals surface area contributed by atoms with Gasteiger partial charge in [0.05, 0.1) is 0 Å². The molecule has 0 saturated carbocycles. The number of carbonyl (C=O) groups is 1. The van der Waals surface area contributed by atoms with Crippen molar-refractivity contribution in [2.24, 2.45) is 5.73 Å². The molecule has 106 valence electrons. The van der Waals surface area contributed by atoms with Gasteiger partial charge in [0, 0.05) is 29.8 Å². The molecule has 0 aromatic heterocycles. The molecule has 3 N–H and O–H groups in total. The molecule has 3 rings (SSSR count). The van der Waals surface area contributed by atoms with Crippen LogP contribution in [0, 0.1) is 0 Å². The Hall–Kier alpha value is -1.46. The van der Waals surface area contributed by atoms with Crippen LogP contribution >= 0.6 is 12.2 Å². The first-order chi connectivity index (χ1) is 9.65. The molecular weight excluding hydrogens is 270 g/mol. The molecule has 5 heteroatoms. The molecule has 2 unspecified atom stereocenters. The van der Waals surface area contributed by atoms with E-state index in [0.717, 1.165) is 18.5 Å². The summed E-state index contributed by atoms with van der Waals surface area (Å²) in [5.74, 6) is -0.00163. The second-order valence-corrected chi connectivity index (χ2v) is 6.00. The Bertz CT molecular complexity index is 528. The van der Waals surface area contributed by atoms with Gasteiger partial charge in [0.25, 0.3) is 5.91 Å². The number of fused-ring (bicyclic) bond motifs is 1. The molecule has 0 aliphatic carbocycles. The van der Waals surface area contributed by atoms with Crippen LogP contribution in [0.5, 0.6) is 0 Å². The highest BCUT2D eigenvalue weighted by Gasteiger charge is 2.37. The van der Waals surface area contributed by atoms with Gasteiger partial charge in [0.1, 0.15) is 4.99 Å². The molecular formula is C15H19N3OS. The molecule has 1 aromatic rings. The van der Waals surface area contributed by atoms with Crippen LogP contribution in [-0.2, 0) is 0 Å². The zero-order valence-corrected chi connectivity index (χ0v) is 12.2. The molecule has 2 atom stereocenters. The number of amides is 1. The van der Waals surface area contributed by atoms with Crippen LogP contribution in [-0.4, -0.2) is 41.0 Å². The molecule has 2 fully saturated rings. The summed E-state index contributed by atoms with van der Waals surface area (Å²) < 4.78 is 0. The van der Waals surface area contributed by atoms with E-state index in [2.05, 4.69) is 10.2 Å². The van der Waals surface area contributed by atoms with Crippen LogP contribution in [0.3, 0.4) is 0 Å². The maximum Gasteiger partial charge on any atom is 0.251 e. The molecule has 0 bridgehead atoms. The van der Waals surface area contributed by atoms with E-state index in [1.165, 1.54) is 19.4 Å². The van der Waals surface area contributed by atoms with Crippen LogP contribution < -0.4 is 11.1 Å². The Morgan fingerprint density at radius 1 is 1.20 bits per heavy atom. The van der Waals surface area contributed by atoms with Gasteiger partial charge in [-0.2, -0.15) is 0 Å². The zero-order chi connectivity index (χ0) is 14.1. The SMILES string of the molecule is NC(=S)c1ccc(C(=O)NC2CCN3CCCC23)cc1. The summed E-state index contributed by atoms with van der Waals surface area (Å²) in [6.45, 7) is 2.29. The Labute approximate surface area is 124 Å². The quantitative estimate of drug-likeness (QED) is 0.823. The minimum absolute atomic E-state index is 0.00163. The Balaban J connectivity index is 1.65. The minimum Gasteiger partial charge on any atom is -0.389 e. The second kappa shape index (κ2) is 5.50. The summed E-state index contributed by atoms with van der Waals surface area (Å²) in [6.07, 6.45) is 3.51. The number of hydrogen-bond acceptors (Lipinski definition) is 3. The fourth-order valence-electron chi connectivity index (χ4n) is 3.29. The van der Waals surface area contributed by atoms with E-state index in [9.17, 15) is 4.79 Å². The third-order valence-corrected chi connectivity index (χ3v) is 4.59. The highest BCUT2D eigenvalue weighted by atomic mass is 32.1. The third-order valence-electron chi connectivity index (χ3n) is 4.35. The largest absolute Gasteiger partial charge is 0.389 e. The van der Waals surface area contributed by atoms with Crippen molar-refractivity contribution in [3.63, 3.8) is 0 Å². The van der Waals surface area contributed by atoms with Gasteiger partial charge < -0.3 is 11.1 Å². The number of hydrogen-bond donors (Lipinski definition) is 2. The van der Waals surface area contributed by atoms with Crippen LogP contribution in [0.1, 0.15) is 35.2 Å². The van der Waals surface area contributed by atoms with Crippen LogP contribution in [0.15, 0.2) is 24.3 Å². The molecule has 1 aromatic carbocycles. The van der Waals surface area contributed by atoms with E-state index in [4.69, 9.17) is 18.0 Å². The Kier molecular flexibility index (Phi) is 3.72. The molecule has 1 amide bonds. The average Bonchev–Trinajstić information content (AvgIpc) is 3.04. The molecule has 2 aliphatic rings. The van der Waals surface area contributed by atoms with Crippen molar-refractivity contribution in [3.05, 3.63) is 35.4 Å². The normalized spacial score (nSPS) is 25.4. The Morgan fingerprint density at radius 3 is 2.60 bits per heavy atom. The third kappa shape index (κ3) is 2.55. The summed E-state index contributed by atoms with van der Waals surface area (Å²) in [5.41, 5.74) is 7.01. The summed E-state index contributed by atoms with van der Waals surface area (Å²) >= 11 is 4.91. The van der Waals surface area contributed by atoms with E-state index in [1.807, 2.05) is 0 Å². The van der Waals surface area contributed by atoms with Crippen LogP contribution in [0.4, 0.5) is 0 Å². The van der Waals surface area contributed by atoms with Crippen molar-refractivity contribution in [3.8, 4) is 0 Å². The number of nitrogens with two attached hydrogens (primary N) is 1. The molecule has 0 spiro atoms. The lowest BCUT2D eigenvalue weighted by molar-refractivity contribution is 0.0929. The van der Waals surface area contributed by atoms with Crippen molar-refractivity contribution in [2.45, 2.75) is 31.3 Å². The predicted octanol–water partition coefficient (Wildman–Crippen LogP) is 1.29. The van der Waals surface area contributed by atoms with Gasteiger partial charge >= 0.3 is 0 Å². The lowest BCUT2D eigenvalue weighted by atomic mass is 10.1. The summed E-state index contributed by atoms with van der Waals surface area (Å²) in [4.78, 5) is 15.1. The molecule has 2 saturated heterocycles. The molecule has 2 heterocycles. The Morgan fingerprint density at radius 2 is 1.90 bits per heavy atom. The van der Waals surface area contributed by atoms with Crippen LogP contribution in [0.25, 0.3) is 0 Å². The van der Waals surface area contributed by atoms with Crippen molar-refractivity contribution in [1.29, 1.82) is 0 Å². The van der Waals surface area contributed by atoms with E-state index >= 15 is 0 Å². The molecule has 2 aliphatic heterocycles. The fourth-order valence-corrected chi connectivity index (χ4v) is 3.42. The van der Waals surface area contributed by atoms with Gasteiger partial charge in [0.2, 0.25) is 0 Å². The van der Waals surface area contributed by atoms with E-state index in [1.54, 1.807) is 24.3 Å². The number of rotatable bonds is 3. The van der Waals surface area contributed by atoms with Gasteiger partial charge in [-0.25, -0.2) is 0 Å². The number of carbonyl (C=O) groups excluding carboxylic acids is 1. The molecule has 0 radical (unpaired) electrons. The average molecular weight is 289 g/mol. The highest BCUT2D eigenvalue weighted by Crippen LogP contribution is 2.28. The van der Waals surface area contributed by atoms with Crippen molar-refractivity contribution < 1.29 is 4.79 Å².